The van der Waals surface area contributed by atoms with E-state index >= 15 is 0 Å². The number of nitrogens with zero attached hydrogens (tertiary/aromatic N) is 2. The summed E-state index contributed by atoms with van der Waals surface area (Å²) in [5, 5.41) is 4.93. The molecule has 0 N–H and O–H groups in total. The fraction of sp³-hybridized carbons (Fsp3) is 0.182. The van der Waals surface area contributed by atoms with E-state index in [1.165, 1.54) is 0 Å². The number of hydrogen-bond acceptors (Lipinski definition) is 1. The highest BCUT2D eigenvalue weighted by Crippen LogP contribution is 2.26. The minimum atomic E-state index is 0.541. The summed E-state index contributed by atoms with van der Waals surface area (Å²) in [4.78, 5) is 0. The molecular weight excluding hydrogens is 231 g/mol. The molecule has 78 valence electrons. The maximum atomic E-state index is 6.11. The number of rotatable bonds is 3. The highest BCUT2D eigenvalue weighted by atomic mass is 35.5. The number of alkyl halides is 1. The van der Waals surface area contributed by atoms with Gasteiger partial charge in [-0.1, -0.05) is 29.8 Å². The van der Waals surface area contributed by atoms with Crippen molar-refractivity contribution < 1.29 is 0 Å². The van der Waals surface area contributed by atoms with Crippen molar-refractivity contribution in [1.29, 1.82) is 0 Å². The van der Waals surface area contributed by atoms with Crippen LogP contribution in [0.1, 0.15) is 0 Å². The summed E-state index contributed by atoms with van der Waals surface area (Å²) < 4.78 is 1.86. The van der Waals surface area contributed by atoms with Crippen LogP contribution in [0.5, 0.6) is 0 Å². The number of aromatic nitrogens is 2. The maximum absolute atomic E-state index is 6.11. The molecule has 0 amide bonds. The van der Waals surface area contributed by atoms with E-state index < -0.39 is 0 Å². The van der Waals surface area contributed by atoms with Gasteiger partial charge in [0, 0.05) is 22.7 Å². The second-order valence-corrected chi connectivity index (χ2v) is 3.89. The van der Waals surface area contributed by atoms with E-state index in [2.05, 4.69) is 5.10 Å². The summed E-state index contributed by atoms with van der Waals surface area (Å²) >= 11 is 11.8. The molecule has 0 unspecified atom stereocenters. The van der Waals surface area contributed by atoms with Gasteiger partial charge in [0.05, 0.1) is 12.2 Å². The lowest BCUT2D eigenvalue weighted by Crippen LogP contribution is -2.03. The van der Waals surface area contributed by atoms with Crippen molar-refractivity contribution in [3.63, 3.8) is 0 Å². The molecule has 0 fully saturated rings. The average molecular weight is 241 g/mol. The van der Waals surface area contributed by atoms with Crippen LogP contribution in [0.2, 0.25) is 5.02 Å². The number of benzene rings is 1. The minimum absolute atomic E-state index is 0.541. The fourth-order valence-corrected chi connectivity index (χ4v) is 1.88. The topological polar surface area (TPSA) is 17.8 Å². The highest BCUT2D eigenvalue weighted by molar-refractivity contribution is 6.33. The fourth-order valence-electron chi connectivity index (χ4n) is 1.49. The molecule has 0 saturated heterocycles. The van der Waals surface area contributed by atoms with Gasteiger partial charge < -0.3 is 0 Å². The van der Waals surface area contributed by atoms with E-state index in [1.54, 1.807) is 6.20 Å². The molecule has 1 aromatic carbocycles. The molecule has 0 aliphatic heterocycles. The van der Waals surface area contributed by atoms with E-state index in [1.807, 2.05) is 35.0 Å². The Hall–Kier alpha value is -0.990. The first-order valence-electron chi connectivity index (χ1n) is 4.65. The van der Waals surface area contributed by atoms with Gasteiger partial charge in [-0.2, -0.15) is 5.10 Å². The van der Waals surface area contributed by atoms with Gasteiger partial charge in [0.25, 0.3) is 0 Å². The molecule has 2 aromatic rings. The second kappa shape index (κ2) is 4.69. The quantitative estimate of drug-likeness (QED) is 0.752. The van der Waals surface area contributed by atoms with Gasteiger partial charge in [-0.25, -0.2) is 0 Å². The van der Waals surface area contributed by atoms with Crippen LogP contribution in [-0.4, -0.2) is 15.7 Å². The standard InChI is InChI=1S/C11H10Cl2N2/c12-6-8-15-11(5-7-14-15)9-3-1-2-4-10(9)13/h1-5,7H,6,8H2. The first-order chi connectivity index (χ1) is 7.33. The molecule has 0 aliphatic carbocycles. The molecule has 2 rings (SSSR count). The third-order valence-corrected chi connectivity index (χ3v) is 2.66. The third-order valence-electron chi connectivity index (χ3n) is 2.16. The van der Waals surface area contributed by atoms with Crippen LogP contribution in [0.3, 0.4) is 0 Å². The van der Waals surface area contributed by atoms with Crippen LogP contribution >= 0.6 is 23.2 Å². The molecule has 15 heavy (non-hydrogen) atoms. The summed E-state index contributed by atoms with van der Waals surface area (Å²) in [5.74, 6) is 0.541. The van der Waals surface area contributed by atoms with Gasteiger partial charge >= 0.3 is 0 Å². The van der Waals surface area contributed by atoms with E-state index in [0.29, 0.717) is 12.4 Å². The van der Waals surface area contributed by atoms with Crippen LogP contribution in [0.25, 0.3) is 11.3 Å². The van der Waals surface area contributed by atoms with Crippen LogP contribution in [0, 0.1) is 0 Å². The average Bonchev–Trinajstić information content (AvgIpc) is 2.67. The van der Waals surface area contributed by atoms with E-state index in [-0.39, 0.29) is 0 Å². The number of halogens is 2. The van der Waals surface area contributed by atoms with Crippen molar-refractivity contribution in [2.45, 2.75) is 6.54 Å². The van der Waals surface area contributed by atoms with Gasteiger partial charge in [-0.05, 0) is 12.1 Å². The Morgan fingerprint density at radius 1 is 1.20 bits per heavy atom. The van der Waals surface area contributed by atoms with Crippen molar-refractivity contribution in [3.05, 3.63) is 41.6 Å². The van der Waals surface area contributed by atoms with Crippen molar-refractivity contribution in [1.82, 2.24) is 9.78 Å². The molecule has 4 heteroatoms. The highest BCUT2D eigenvalue weighted by Gasteiger charge is 2.07. The van der Waals surface area contributed by atoms with Gasteiger partial charge in [-0.3, -0.25) is 4.68 Å². The summed E-state index contributed by atoms with van der Waals surface area (Å²) in [6.45, 7) is 0.690. The number of aryl methyl sites for hydroxylation is 1. The Bertz CT molecular complexity index is 451. The van der Waals surface area contributed by atoms with Gasteiger partial charge in [0.1, 0.15) is 0 Å². The Kier molecular flexibility index (Phi) is 3.29. The Balaban J connectivity index is 2.45. The Morgan fingerprint density at radius 2 is 2.00 bits per heavy atom. The van der Waals surface area contributed by atoms with Gasteiger partial charge in [0.2, 0.25) is 0 Å². The molecule has 0 atom stereocenters. The monoisotopic (exact) mass is 240 g/mol. The molecule has 2 nitrogen and oxygen atoms in total. The van der Waals surface area contributed by atoms with E-state index in [9.17, 15) is 0 Å². The van der Waals surface area contributed by atoms with Gasteiger partial charge in [-0.15, -0.1) is 11.6 Å². The van der Waals surface area contributed by atoms with E-state index in [0.717, 1.165) is 16.3 Å². The van der Waals surface area contributed by atoms with E-state index in [4.69, 9.17) is 23.2 Å². The zero-order chi connectivity index (χ0) is 10.7. The predicted octanol–water partition coefficient (Wildman–Crippen LogP) is 3.44. The lowest BCUT2D eigenvalue weighted by atomic mass is 10.1. The molecule has 0 saturated carbocycles. The molecule has 1 heterocycles. The lowest BCUT2D eigenvalue weighted by molar-refractivity contribution is 0.671. The SMILES string of the molecule is ClCCn1nccc1-c1ccccc1Cl. The summed E-state index contributed by atoms with van der Waals surface area (Å²) in [5.41, 5.74) is 1.99. The summed E-state index contributed by atoms with van der Waals surface area (Å²) in [7, 11) is 0. The predicted molar refractivity (Wildman–Crippen MR) is 63.4 cm³/mol. The smallest absolute Gasteiger partial charge is 0.0697 e. The maximum Gasteiger partial charge on any atom is 0.0697 e. The lowest BCUT2D eigenvalue weighted by Gasteiger charge is -2.06. The van der Waals surface area contributed by atoms with Crippen LogP contribution < -0.4 is 0 Å². The molecule has 0 aliphatic rings. The molecule has 0 spiro atoms. The van der Waals surface area contributed by atoms with Gasteiger partial charge in [0.15, 0.2) is 0 Å². The molecule has 0 radical (unpaired) electrons. The van der Waals surface area contributed by atoms with Crippen molar-refractivity contribution in [3.8, 4) is 11.3 Å². The molecule has 1 aromatic heterocycles. The Morgan fingerprint density at radius 3 is 2.73 bits per heavy atom. The Labute approximate surface area is 98.4 Å². The first-order valence-corrected chi connectivity index (χ1v) is 5.57. The zero-order valence-electron chi connectivity index (χ0n) is 8.03. The largest absolute Gasteiger partial charge is 0.264 e. The zero-order valence-corrected chi connectivity index (χ0v) is 9.54. The van der Waals surface area contributed by atoms with Crippen molar-refractivity contribution in [2.75, 3.05) is 5.88 Å². The van der Waals surface area contributed by atoms with Crippen LogP contribution in [-0.2, 0) is 6.54 Å². The van der Waals surface area contributed by atoms with Crippen molar-refractivity contribution in [2.24, 2.45) is 0 Å². The minimum Gasteiger partial charge on any atom is -0.264 e. The summed E-state index contributed by atoms with van der Waals surface area (Å²) in [6, 6.07) is 9.65. The van der Waals surface area contributed by atoms with Crippen molar-refractivity contribution >= 4 is 23.2 Å². The van der Waals surface area contributed by atoms with Crippen LogP contribution in [0.15, 0.2) is 36.5 Å². The second-order valence-electron chi connectivity index (χ2n) is 3.11. The molecule has 0 bridgehead atoms. The molecular formula is C11H10Cl2N2. The van der Waals surface area contributed by atoms with Crippen LogP contribution in [0.4, 0.5) is 0 Å². The summed E-state index contributed by atoms with van der Waals surface area (Å²) in [6.07, 6.45) is 1.76. The normalized spacial score (nSPS) is 10.5. The third kappa shape index (κ3) is 2.16. The first kappa shape index (κ1) is 10.5. The number of hydrogen-bond donors (Lipinski definition) is 0.